The Morgan fingerprint density at radius 3 is 2.03 bits per heavy atom. The lowest BCUT2D eigenvalue weighted by atomic mass is 9.87. The van der Waals surface area contributed by atoms with E-state index in [4.69, 9.17) is 4.74 Å². The average molecular weight is 543 g/mol. The number of halogens is 4. The Hall–Kier alpha value is -4.18. The van der Waals surface area contributed by atoms with E-state index < -0.39 is 36.2 Å². The van der Waals surface area contributed by atoms with Gasteiger partial charge in [-0.05, 0) is 78.9 Å². The van der Waals surface area contributed by atoms with Crippen LogP contribution in [0.2, 0.25) is 0 Å². The molecule has 0 aliphatic heterocycles. The van der Waals surface area contributed by atoms with E-state index in [1.165, 1.54) is 18.2 Å². The van der Waals surface area contributed by atoms with Crippen molar-refractivity contribution in [1.82, 2.24) is 9.97 Å². The number of nitrogens with zero attached hydrogens (tertiary/aromatic N) is 2. The summed E-state index contributed by atoms with van der Waals surface area (Å²) in [5, 5.41) is 10.1. The normalized spacial score (nSPS) is 12.4. The van der Waals surface area contributed by atoms with Crippen LogP contribution in [0, 0.1) is 0 Å². The van der Waals surface area contributed by atoms with Gasteiger partial charge in [0.1, 0.15) is 5.75 Å². The highest BCUT2D eigenvalue weighted by molar-refractivity contribution is 5.47. The predicted molar refractivity (Wildman–Crippen MR) is 135 cm³/mol. The number of alkyl halides is 4. The summed E-state index contributed by atoms with van der Waals surface area (Å²) in [4.78, 5) is 8.42. The number of hydrogen-bond acceptors (Lipinski definition) is 6. The molecule has 0 saturated heterocycles. The fourth-order valence-electron chi connectivity index (χ4n) is 4.02. The number of pyridine rings is 2. The summed E-state index contributed by atoms with van der Waals surface area (Å²) in [6.45, 7) is -3.05. The van der Waals surface area contributed by atoms with Gasteiger partial charge in [0.15, 0.2) is 11.5 Å². The van der Waals surface area contributed by atoms with Gasteiger partial charge in [0.2, 0.25) is 5.88 Å². The number of hydrogen-bond donors (Lipinski definition) is 1. The van der Waals surface area contributed by atoms with Crippen molar-refractivity contribution < 1.29 is 36.9 Å². The molecule has 0 fully saturated rings. The Kier molecular flexibility index (Phi) is 8.65. The van der Waals surface area contributed by atoms with Crippen LogP contribution in [-0.2, 0) is 12.0 Å². The van der Waals surface area contributed by atoms with E-state index in [-0.39, 0.29) is 0 Å². The largest absolute Gasteiger partial charge is 0.439 e. The molecule has 4 aromatic rings. The lowest BCUT2D eigenvalue weighted by Crippen LogP contribution is -2.14. The van der Waals surface area contributed by atoms with Crippen LogP contribution in [0.15, 0.2) is 85.3 Å². The highest BCUT2D eigenvalue weighted by Gasteiger charge is 2.21. The molecule has 1 N–H and O–H groups in total. The molecule has 204 valence electrons. The molecular weight excluding hydrogens is 516 g/mol. The van der Waals surface area contributed by atoms with Crippen molar-refractivity contribution in [2.45, 2.75) is 45.0 Å². The van der Waals surface area contributed by atoms with Crippen LogP contribution in [0.1, 0.15) is 42.0 Å². The molecule has 2 heterocycles. The highest BCUT2D eigenvalue weighted by Crippen LogP contribution is 2.37. The molecule has 1 atom stereocenters. The minimum atomic E-state index is -3.23. The summed E-state index contributed by atoms with van der Waals surface area (Å²) in [7, 11) is 0. The van der Waals surface area contributed by atoms with Gasteiger partial charge >= 0.3 is 13.2 Å². The first-order valence-corrected chi connectivity index (χ1v) is 12.0. The van der Waals surface area contributed by atoms with E-state index in [1.807, 2.05) is 12.1 Å². The standard InChI is InChI=1S/C29H26F4N2O4/c1-29(2,36)21-5-7-22(8-6-21)37-26-10-4-20(17-35-26)23(15-18-11-13-34-14-12-18)19-3-9-24(38-27(30)31)25(16-19)39-28(32)33/h3-14,16-17,23,27-28,36H,15H2,1-2H3. The van der Waals surface area contributed by atoms with Gasteiger partial charge in [-0.3, -0.25) is 4.98 Å². The van der Waals surface area contributed by atoms with Crippen LogP contribution < -0.4 is 14.2 Å². The van der Waals surface area contributed by atoms with E-state index in [0.717, 1.165) is 16.7 Å². The molecule has 1 unspecified atom stereocenters. The summed E-state index contributed by atoms with van der Waals surface area (Å²) in [5.74, 6) is -0.542. The lowest BCUT2D eigenvalue weighted by Gasteiger charge is -2.20. The summed E-state index contributed by atoms with van der Waals surface area (Å²) in [5.41, 5.74) is 1.92. The Bertz CT molecular complexity index is 1350. The van der Waals surface area contributed by atoms with Crippen molar-refractivity contribution in [2.24, 2.45) is 0 Å². The van der Waals surface area contributed by atoms with Gasteiger partial charge < -0.3 is 19.3 Å². The van der Waals surface area contributed by atoms with E-state index in [0.29, 0.717) is 23.6 Å². The lowest BCUT2D eigenvalue weighted by molar-refractivity contribution is -0.0692. The van der Waals surface area contributed by atoms with Gasteiger partial charge in [-0.25, -0.2) is 4.98 Å². The Morgan fingerprint density at radius 1 is 0.795 bits per heavy atom. The molecule has 39 heavy (non-hydrogen) atoms. The summed E-state index contributed by atoms with van der Waals surface area (Å²) >= 11 is 0. The molecule has 0 radical (unpaired) electrons. The minimum Gasteiger partial charge on any atom is -0.439 e. The first-order valence-electron chi connectivity index (χ1n) is 12.0. The van der Waals surface area contributed by atoms with Gasteiger partial charge in [0, 0.05) is 30.6 Å². The number of rotatable bonds is 11. The molecule has 0 saturated carbocycles. The molecule has 0 amide bonds. The molecular formula is C29H26F4N2O4. The summed E-state index contributed by atoms with van der Waals surface area (Å²) in [6, 6.07) is 18.0. The van der Waals surface area contributed by atoms with Crippen LogP contribution in [0.3, 0.4) is 0 Å². The van der Waals surface area contributed by atoms with Crippen LogP contribution in [0.4, 0.5) is 17.6 Å². The van der Waals surface area contributed by atoms with Gasteiger partial charge in [-0.15, -0.1) is 0 Å². The molecule has 6 nitrogen and oxygen atoms in total. The topological polar surface area (TPSA) is 73.7 Å². The smallest absolute Gasteiger partial charge is 0.387 e. The van der Waals surface area contributed by atoms with Gasteiger partial charge in [0.05, 0.1) is 5.60 Å². The van der Waals surface area contributed by atoms with Crippen LogP contribution >= 0.6 is 0 Å². The van der Waals surface area contributed by atoms with Gasteiger partial charge in [0.25, 0.3) is 0 Å². The molecule has 0 spiro atoms. The van der Waals surface area contributed by atoms with Crippen molar-refractivity contribution in [3.8, 4) is 23.1 Å². The monoisotopic (exact) mass is 542 g/mol. The second-order valence-corrected chi connectivity index (χ2v) is 9.19. The quantitative estimate of drug-likeness (QED) is 0.204. The summed E-state index contributed by atoms with van der Waals surface area (Å²) < 4.78 is 66.4. The maximum atomic E-state index is 13.0. The zero-order chi connectivity index (χ0) is 28.0. The SMILES string of the molecule is CC(C)(O)c1ccc(Oc2ccc(C(Cc3ccncc3)c3ccc(OC(F)F)c(OC(F)F)c3)cn2)cc1. The van der Waals surface area contributed by atoms with Crippen molar-refractivity contribution in [3.63, 3.8) is 0 Å². The third-order valence-electron chi connectivity index (χ3n) is 5.94. The second-order valence-electron chi connectivity index (χ2n) is 9.19. The Balaban J connectivity index is 1.63. The second kappa shape index (κ2) is 12.1. The first kappa shape index (κ1) is 27.8. The summed E-state index contributed by atoms with van der Waals surface area (Å²) in [6.07, 6.45) is 5.31. The minimum absolute atomic E-state index is 0.319. The zero-order valence-electron chi connectivity index (χ0n) is 21.1. The Morgan fingerprint density at radius 2 is 1.44 bits per heavy atom. The molecule has 2 aromatic heterocycles. The molecule has 0 bridgehead atoms. The van der Waals surface area contributed by atoms with Crippen LogP contribution in [-0.4, -0.2) is 28.3 Å². The molecule has 0 aliphatic carbocycles. The number of ether oxygens (including phenoxy) is 3. The maximum absolute atomic E-state index is 13.0. The third-order valence-corrected chi connectivity index (χ3v) is 5.94. The van der Waals surface area contributed by atoms with Crippen LogP contribution in [0.5, 0.6) is 23.1 Å². The first-order chi connectivity index (χ1) is 18.6. The van der Waals surface area contributed by atoms with E-state index in [1.54, 1.807) is 68.8 Å². The predicted octanol–water partition coefficient (Wildman–Crippen LogP) is 7.07. The number of aromatic nitrogens is 2. The van der Waals surface area contributed by atoms with Crippen LogP contribution in [0.25, 0.3) is 0 Å². The van der Waals surface area contributed by atoms with Gasteiger partial charge in [-0.1, -0.05) is 24.3 Å². The Labute approximate surface area is 222 Å². The maximum Gasteiger partial charge on any atom is 0.387 e. The van der Waals surface area contributed by atoms with Gasteiger partial charge in [-0.2, -0.15) is 17.6 Å². The van der Waals surface area contributed by atoms with Crippen molar-refractivity contribution in [2.75, 3.05) is 0 Å². The van der Waals surface area contributed by atoms with E-state index in [9.17, 15) is 22.7 Å². The number of benzene rings is 2. The van der Waals surface area contributed by atoms with Crippen molar-refractivity contribution in [3.05, 3.63) is 108 Å². The van der Waals surface area contributed by atoms with E-state index >= 15 is 0 Å². The molecule has 4 rings (SSSR count). The van der Waals surface area contributed by atoms with E-state index in [2.05, 4.69) is 19.4 Å². The third kappa shape index (κ3) is 7.67. The highest BCUT2D eigenvalue weighted by atomic mass is 19.3. The fraction of sp³-hybridized carbons (Fsp3) is 0.241. The fourth-order valence-corrected chi connectivity index (χ4v) is 4.02. The van der Waals surface area contributed by atoms with Crippen molar-refractivity contribution in [1.29, 1.82) is 0 Å². The van der Waals surface area contributed by atoms with Crippen molar-refractivity contribution >= 4 is 0 Å². The molecule has 0 aliphatic rings. The zero-order valence-corrected chi connectivity index (χ0v) is 21.1. The molecule has 2 aromatic carbocycles. The number of aliphatic hydroxyl groups is 1. The molecule has 10 heteroatoms. The average Bonchev–Trinajstić information content (AvgIpc) is 2.89.